The van der Waals surface area contributed by atoms with Crippen molar-refractivity contribution in [2.45, 2.75) is 20.4 Å². The number of pyridine rings is 1. The molecule has 134 valence electrons. The van der Waals surface area contributed by atoms with Gasteiger partial charge >= 0.3 is 0 Å². The minimum atomic E-state index is -0.243. The Labute approximate surface area is 147 Å². The standard InChI is InChI=1S/C19H24FN3O2/c1-13-8-19(24-3)22-14(2)18(13)12-21-16-9-15(20)10-17(11-16)23-4-6-25-7-5-23/h8-11,21H,4-7,12H2,1-3H3. The summed E-state index contributed by atoms with van der Waals surface area (Å²) in [4.78, 5) is 6.56. The molecule has 0 amide bonds. The van der Waals surface area contributed by atoms with Gasteiger partial charge in [-0.2, -0.15) is 0 Å². The number of hydrogen-bond acceptors (Lipinski definition) is 5. The van der Waals surface area contributed by atoms with Crippen molar-refractivity contribution in [3.8, 4) is 5.88 Å². The van der Waals surface area contributed by atoms with Crippen LogP contribution in [0.3, 0.4) is 0 Å². The highest BCUT2D eigenvalue weighted by molar-refractivity contribution is 5.59. The van der Waals surface area contributed by atoms with Crippen LogP contribution >= 0.6 is 0 Å². The van der Waals surface area contributed by atoms with Crippen LogP contribution in [-0.2, 0) is 11.3 Å². The maximum absolute atomic E-state index is 14.0. The first-order valence-corrected chi connectivity index (χ1v) is 8.45. The number of rotatable bonds is 5. The van der Waals surface area contributed by atoms with Crippen molar-refractivity contribution < 1.29 is 13.9 Å². The van der Waals surface area contributed by atoms with E-state index < -0.39 is 0 Å². The minimum absolute atomic E-state index is 0.243. The average molecular weight is 345 g/mol. The van der Waals surface area contributed by atoms with E-state index in [1.165, 1.54) is 6.07 Å². The molecule has 1 saturated heterocycles. The van der Waals surface area contributed by atoms with E-state index in [0.717, 1.165) is 41.3 Å². The SMILES string of the molecule is COc1cc(C)c(CNc2cc(F)cc(N3CCOCC3)c2)c(C)n1. The molecular weight excluding hydrogens is 321 g/mol. The number of aryl methyl sites for hydroxylation is 2. The van der Waals surface area contributed by atoms with Gasteiger partial charge in [-0.25, -0.2) is 9.37 Å². The number of nitrogens with one attached hydrogen (secondary N) is 1. The summed E-state index contributed by atoms with van der Waals surface area (Å²) in [5, 5.41) is 3.32. The van der Waals surface area contributed by atoms with Crippen molar-refractivity contribution in [3.63, 3.8) is 0 Å². The van der Waals surface area contributed by atoms with Crippen LogP contribution in [0.5, 0.6) is 5.88 Å². The monoisotopic (exact) mass is 345 g/mol. The zero-order chi connectivity index (χ0) is 17.8. The summed E-state index contributed by atoms with van der Waals surface area (Å²) in [6.45, 7) is 7.48. The second-order valence-electron chi connectivity index (χ2n) is 6.20. The molecule has 2 heterocycles. The molecule has 0 aliphatic carbocycles. The van der Waals surface area contributed by atoms with Crippen LogP contribution in [-0.4, -0.2) is 38.4 Å². The Morgan fingerprint density at radius 3 is 2.64 bits per heavy atom. The largest absolute Gasteiger partial charge is 0.481 e. The lowest BCUT2D eigenvalue weighted by atomic mass is 10.1. The molecule has 3 rings (SSSR count). The van der Waals surface area contributed by atoms with Crippen LogP contribution in [0.25, 0.3) is 0 Å². The van der Waals surface area contributed by atoms with E-state index in [-0.39, 0.29) is 5.82 Å². The molecule has 1 aliphatic heterocycles. The maximum Gasteiger partial charge on any atom is 0.213 e. The number of hydrogen-bond donors (Lipinski definition) is 1. The average Bonchev–Trinajstić information content (AvgIpc) is 2.61. The quantitative estimate of drug-likeness (QED) is 0.901. The van der Waals surface area contributed by atoms with Gasteiger partial charge in [-0.15, -0.1) is 0 Å². The molecule has 0 unspecified atom stereocenters. The van der Waals surface area contributed by atoms with Crippen LogP contribution < -0.4 is 15.0 Å². The van der Waals surface area contributed by atoms with E-state index in [4.69, 9.17) is 9.47 Å². The molecule has 1 fully saturated rings. The summed E-state index contributed by atoms with van der Waals surface area (Å²) >= 11 is 0. The maximum atomic E-state index is 14.0. The van der Waals surface area contributed by atoms with E-state index in [2.05, 4.69) is 15.2 Å². The molecule has 0 spiro atoms. The number of anilines is 2. The fourth-order valence-electron chi connectivity index (χ4n) is 3.07. The fraction of sp³-hybridized carbons (Fsp3) is 0.421. The van der Waals surface area contributed by atoms with Gasteiger partial charge in [0.15, 0.2) is 0 Å². The molecule has 0 atom stereocenters. The van der Waals surface area contributed by atoms with E-state index in [1.807, 2.05) is 26.0 Å². The number of nitrogens with zero attached hydrogens (tertiary/aromatic N) is 2. The molecule has 0 radical (unpaired) electrons. The van der Waals surface area contributed by atoms with Crippen LogP contribution in [0.1, 0.15) is 16.8 Å². The Morgan fingerprint density at radius 1 is 1.20 bits per heavy atom. The van der Waals surface area contributed by atoms with E-state index in [1.54, 1.807) is 13.2 Å². The van der Waals surface area contributed by atoms with Gasteiger partial charge in [-0.3, -0.25) is 0 Å². The van der Waals surface area contributed by atoms with Crippen molar-refractivity contribution in [2.24, 2.45) is 0 Å². The molecule has 25 heavy (non-hydrogen) atoms. The zero-order valence-electron chi connectivity index (χ0n) is 14.9. The Bertz CT molecular complexity index is 722. The van der Waals surface area contributed by atoms with Gasteiger partial charge in [-0.05, 0) is 43.2 Å². The molecule has 2 aromatic rings. The molecule has 5 nitrogen and oxygen atoms in total. The Kier molecular flexibility index (Phi) is 5.38. The predicted molar refractivity (Wildman–Crippen MR) is 97.0 cm³/mol. The predicted octanol–water partition coefficient (Wildman–Crippen LogP) is 3.29. The Balaban J connectivity index is 1.76. The van der Waals surface area contributed by atoms with E-state index >= 15 is 0 Å². The van der Waals surface area contributed by atoms with Crippen LogP contribution in [0.15, 0.2) is 24.3 Å². The summed E-state index contributed by atoms with van der Waals surface area (Å²) in [5.74, 6) is 0.368. The lowest BCUT2D eigenvalue weighted by Crippen LogP contribution is -2.36. The van der Waals surface area contributed by atoms with Gasteiger partial charge in [-0.1, -0.05) is 0 Å². The molecule has 1 aliphatic rings. The Hall–Kier alpha value is -2.34. The van der Waals surface area contributed by atoms with Crippen molar-refractivity contribution in [1.29, 1.82) is 0 Å². The van der Waals surface area contributed by atoms with Gasteiger partial charge in [0.2, 0.25) is 5.88 Å². The first kappa shape index (κ1) is 17.5. The lowest BCUT2D eigenvalue weighted by molar-refractivity contribution is 0.122. The highest BCUT2D eigenvalue weighted by atomic mass is 19.1. The summed E-state index contributed by atoms with van der Waals surface area (Å²) in [6.07, 6.45) is 0. The summed E-state index contributed by atoms with van der Waals surface area (Å²) < 4.78 is 24.6. The third kappa shape index (κ3) is 4.20. The zero-order valence-corrected chi connectivity index (χ0v) is 14.9. The van der Waals surface area contributed by atoms with Crippen molar-refractivity contribution in [2.75, 3.05) is 43.6 Å². The molecule has 1 N–H and O–H groups in total. The van der Waals surface area contributed by atoms with Gasteiger partial charge in [0.05, 0.1) is 20.3 Å². The third-order valence-electron chi connectivity index (χ3n) is 4.47. The first-order chi connectivity index (χ1) is 12.1. The fourth-order valence-corrected chi connectivity index (χ4v) is 3.07. The summed E-state index contributed by atoms with van der Waals surface area (Å²) in [6, 6.07) is 6.98. The summed E-state index contributed by atoms with van der Waals surface area (Å²) in [7, 11) is 1.61. The second-order valence-corrected chi connectivity index (χ2v) is 6.20. The minimum Gasteiger partial charge on any atom is -0.481 e. The molecule has 0 saturated carbocycles. The molecule has 6 heteroatoms. The molecule has 1 aromatic carbocycles. The lowest BCUT2D eigenvalue weighted by Gasteiger charge is -2.29. The highest BCUT2D eigenvalue weighted by Gasteiger charge is 2.13. The number of morpholine rings is 1. The molecule has 1 aromatic heterocycles. The van der Waals surface area contributed by atoms with Crippen molar-refractivity contribution >= 4 is 11.4 Å². The number of halogens is 1. The van der Waals surface area contributed by atoms with Crippen LogP contribution in [0.2, 0.25) is 0 Å². The van der Waals surface area contributed by atoms with Crippen molar-refractivity contribution in [1.82, 2.24) is 4.98 Å². The highest BCUT2D eigenvalue weighted by Crippen LogP contribution is 2.24. The first-order valence-electron chi connectivity index (χ1n) is 8.45. The van der Waals surface area contributed by atoms with Crippen LogP contribution in [0, 0.1) is 19.7 Å². The van der Waals surface area contributed by atoms with Gasteiger partial charge < -0.3 is 19.7 Å². The third-order valence-corrected chi connectivity index (χ3v) is 4.47. The van der Waals surface area contributed by atoms with E-state index in [9.17, 15) is 4.39 Å². The Morgan fingerprint density at radius 2 is 1.96 bits per heavy atom. The van der Waals surface area contributed by atoms with Crippen molar-refractivity contribution in [3.05, 3.63) is 46.9 Å². The smallest absolute Gasteiger partial charge is 0.213 e. The normalized spacial score (nSPS) is 14.5. The number of benzene rings is 1. The second kappa shape index (κ2) is 7.70. The topological polar surface area (TPSA) is 46.6 Å². The van der Waals surface area contributed by atoms with Crippen LogP contribution in [0.4, 0.5) is 15.8 Å². The number of methoxy groups -OCH3 is 1. The molecule has 0 bridgehead atoms. The van der Waals surface area contributed by atoms with Gasteiger partial charge in [0.1, 0.15) is 5.82 Å². The van der Waals surface area contributed by atoms with Gasteiger partial charge in [0, 0.05) is 42.8 Å². The van der Waals surface area contributed by atoms with Gasteiger partial charge in [0.25, 0.3) is 0 Å². The molecular formula is C19H24FN3O2. The number of ether oxygens (including phenoxy) is 2. The summed E-state index contributed by atoms with van der Waals surface area (Å²) in [5.41, 5.74) is 4.75. The van der Waals surface area contributed by atoms with E-state index in [0.29, 0.717) is 25.6 Å². The number of aromatic nitrogens is 1.